The van der Waals surface area contributed by atoms with Crippen LogP contribution < -0.4 is 5.32 Å². The largest absolute Gasteiger partial charge is 0.355 e. The number of nitrogens with one attached hydrogen (secondary N) is 1. The van der Waals surface area contributed by atoms with Gasteiger partial charge in [-0.2, -0.15) is 0 Å². The lowest BCUT2D eigenvalue weighted by molar-refractivity contribution is -0.138. The molecule has 0 saturated carbocycles. The van der Waals surface area contributed by atoms with Crippen molar-refractivity contribution in [2.75, 3.05) is 40.1 Å². The van der Waals surface area contributed by atoms with E-state index in [1.54, 1.807) is 11.9 Å². The van der Waals surface area contributed by atoms with Crippen molar-refractivity contribution in [3.8, 4) is 0 Å². The Morgan fingerprint density at radius 2 is 2.40 bits per heavy atom. The van der Waals surface area contributed by atoms with Gasteiger partial charge in [-0.15, -0.1) is 0 Å². The van der Waals surface area contributed by atoms with E-state index >= 15 is 0 Å². The van der Waals surface area contributed by atoms with Crippen LogP contribution in [0.2, 0.25) is 0 Å². The third-order valence-electron chi connectivity index (χ3n) is 2.52. The first-order valence-electron chi connectivity index (χ1n) is 5.38. The minimum atomic E-state index is 0.115. The molecule has 1 amide bonds. The lowest BCUT2D eigenvalue weighted by atomic mass is 10.2. The minimum Gasteiger partial charge on any atom is -0.355 e. The van der Waals surface area contributed by atoms with Crippen molar-refractivity contribution >= 4 is 5.91 Å². The molecular formula is C10H20N2O3. The molecule has 1 aliphatic heterocycles. The summed E-state index contributed by atoms with van der Waals surface area (Å²) < 4.78 is 10.4. The molecule has 15 heavy (non-hydrogen) atoms. The number of amides is 1. The van der Waals surface area contributed by atoms with Crippen molar-refractivity contribution in [3.63, 3.8) is 0 Å². The maximum atomic E-state index is 11.4. The SMILES string of the molecule is CCN(C)C(=O)CNCC1CCOCO1. The van der Waals surface area contributed by atoms with Crippen LogP contribution in [0.25, 0.3) is 0 Å². The van der Waals surface area contributed by atoms with Gasteiger partial charge in [0.25, 0.3) is 0 Å². The standard InChI is InChI=1S/C10H20N2O3/c1-3-12(2)10(13)7-11-6-9-4-5-14-8-15-9/h9,11H,3-8H2,1-2H3. The zero-order chi connectivity index (χ0) is 11.1. The summed E-state index contributed by atoms with van der Waals surface area (Å²) in [4.78, 5) is 13.1. The molecule has 0 spiro atoms. The van der Waals surface area contributed by atoms with Gasteiger partial charge >= 0.3 is 0 Å². The molecule has 0 aliphatic carbocycles. The first-order chi connectivity index (χ1) is 7.24. The summed E-state index contributed by atoms with van der Waals surface area (Å²) in [5.41, 5.74) is 0. The van der Waals surface area contributed by atoms with E-state index in [-0.39, 0.29) is 12.0 Å². The van der Waals surface area contributed by atoms with Gasteiger partial charge in [0, 0.05) is 20.1 Å². The summed E-state index contributed by atoms with van der Waals surface area (Å²) in [6.07, 6.45) is 1.07. The third kappa shape index (κ3) is 4.59. The highest BCUT2D eigenvalue weighted by Gasteiger charge is 2.14. The number of ether oxygens (including phenoxy) is 2. The van der Waals surface area contributed by atoms with E-state index in [2.05, 4.69) is 5.32 Å². The predicted octanol–water partition coefficient (Wildman–Crippen LogP) is -0.183. The fourth-order valence-electron chi connectivity index (χ4n) is 1.31. The normalized spacial score (nSPS) is 21.3. The number of nitrogens with zero attached hydrogens (tertiary/aromatic N) is 1. The Morgan fingerprint density at radius 3 is 3.00 bits per heavy atom. The highest BCUT2D eigenvalue weighted by Crippen LogP contribution is 2.04. The number of carbonyl (C=O) groups is 1. The molecule has 0 radical (unpaired) electrons. The number of rotatable bonds is 5. The van der Waals surface area contributed by atoms with E-state index in [0.717, 1.165) is 19.6 Å². The van der Waals surface area contributed by atoms with Gasteiger partial charge in [-0.25, -0.2) is 0 Å². The van der Waals surface area contributed by atoms with E-state index in [0.29, 0.717) is 19.9 Å². The molecule has 1 fully saturated rings. The molecule has 1 aliphatic rings. The molecule has 0 aromatic carbocycles. The molecule has 1 heterocycles. The zero-order valence-corrected chi connectivity index (χ0v) is 9.49. The summed E-state index contributed by atoms with van der Waals surface area (Å²) in [6.45, 7) is 4.91. The Bertz CT molecular complexity index is 193. The van der Waals surface area contributed by atoms with E-state index in [4.69, 9.17) is 9.47 Å². The molecule has 5 heteroatoms. The first kappa shape index (κ1) is 12.4. The zero-order valence-electron chi connectivity index (χ0n) is 9.49. The van der Waals surface area contributed by atoms with Crippen LogP contribution in [0.1, 0.15) is 13.3 Å². The van der Waals surface area contributed by atoms with E-state index < -0.39 is 0 Å². The van der Waals surface area contributed by atoms with Crippen molar-refractivity contribution in [1.82, 2.24) is 10.2 Å². The summed E-state index contributed by atoms with van der Waals surface area (Å²) in [5.74, 6) is 0.115. The van der Waals surface area contributed by atoms with Crippen LogP contribution in [0.3, 0.4) is 0 Å². The summed E-state index contributed by atoms with van der Waals surface area (Å²) in [6, 6.07) is 0. The number of hydrogen-bond acceptors (Lipinski definition) is 4. The second kappa shape index (κ2) is 6.76. The molecule has 88 valence electrons. The second-order valence-corrected chi connectivity index (χ2v) is 3.64. The van der Waals surface area contributed by atoms with Gasteiger partial charge in [0.1, 0.15) is 6.79 Å². The van der Waals surface area contributed by atoms with Gasteiger partial charge in [-0.05, 0) is 13.3 Å². The van der Waals surface area contributed by atoms with Crippen LogP contribution in [-0.4, -0.2) is 57.0 Å². The Kier molecular flexibility index (Phi) is 5.60. The van der Waals surface area contributed by atoms with Crippen LogP contribution in [0.5, 0.6) is 0 Å². The Balaban J connectivity index is 2.07. The van der Waals surface area contributed by atoms with Gasteiger partial charge in [0.05, 0.1) is 19.3 Å². The van der Waals surface area contributed by atoms with Crippen LogP contribution in [0, 0.1) is 0 Å². The topological polar surface area (TPSA) is 50.8 Å². The van der Waals surface area contributed by atoms with E-state index in [1.165, 1.54) is 0 Å². The monoisotopic (exact) mass is 216 g/mol. The molecule has 1 saturated heterocycles. The molecule has 1 unspecified atom stereocenters. The van der Waals surface area contributed by atoms with Crippen LogP contribution in [-0.2, 0) is 14.3 Å². The van der Waals surface area contributed by atoms with Gasteiger partial charge in [0.2, 0.25) is 5.91 Å². The average Bonchev–Trinajstić information content (AvgIpc) is 2.29. The number of carbonyl (C=O) groups excluding carboxylic acids is 1. The third-order valence-corrected chi connectivity index (χ3v) is 2.52. The van der Waals surface area contributed by atoms with Gasteiger partial charge < -0.3 is 19.7 Å². The number of likely N-dealkylation sites (N-methyl/N-ethyl adjacent to an activating group) is 1. The van der Waals surface area contributed by atoms with E-state index in [9.17, 15) is 4.79 Å². The predicted molar refractivity (Wildman–Crippen MR) is 56.5 cm³/mol. The Hall–Kier alpha value is -0.650. The van der Waals surface area contributed by atoms with Gasteiger partial charge in [-0.3, -0.25) is 4.79 Å². The van der Waals surface area contributed by atoms with Crippen molar-refractivity contribution < 1.29 is 14.3 Å². The molecule has 1 N–H and O–H groups in total. The minimum absolute atomic E-state index is 0.115. The smallest absolute Gasteiger partial charge is 0.236 e. The fraction of sp³-hybridized carbons (Fsp3) is 0.900. The fourth-order valence-corrected chi connectivity index (χ4v) is 1.31. The first-order valence-corrected chi connectivity index (χ1v) is 5.38. The lowest BCUT2D eigenvalue weighted by Gasteiger charge is -2.23. The highest BCUT2D eigenvalue weighted by molar-refractivity contribution is 5.77. The molecule has 0 aromatic heterocycles. The van der Waals surface area contributed by atoms with Crippen molar-refractivity contribution in [1.29, 1.82) is 0 Å². The van der Waals surface area contributed by atoms with E-state index in [1.807, 2.05) is 6.92 Å². The molecule has 0 aromatic rings. The maximum Gasteiger partial charge on any atom is 0.236 e. The summed E-state index contributed by atoms with van der Waals surface area (Å²) >= 11 is 0. The van der Waals surface area contributed by atoms with Crippen LogP contribution in [0.4, 0.5) is 0 Å². The van der Waals surface area contributed by atoms with Crippen LogP contribution >= 0.6 is 0 Å². The Morgan fingerprint density at radius 1 is 1.60 bits per heavy atom. The quantitative estimate of drug-likeness (QED) is 0.692. The number of hydrogen-bond donors (Lipinski definition) is 1. The molecule has 0 bridgehead atoms. The molecule has 1 rings (SSSR count). The summed E-state index contributed by atoms with van der Waals surface area (Å²) in [5, 5.41) is 3.10. The van der Waals surface area contributed by atoms with Crippen molar-refractivity contribution in [3.05, 3.63) is 0 Å². The second-order valence-electron chi connectivity index (χ2n) is 3.64. The maximum absolute atomic E-state index is 11.4. The molecule has 1 atom stereocenters. The lowest BCUT2D eigenvalue weighted by Crippen LogP contribution is -2.40. The van der Waals surface area contributed by atoms with Crippen molar-refractivity contribution in [2.45, 2.75) is 19.4 Å². The van der Waals surface area contributed by atoms with Crippen LogP contribution in [0.15, 0.2) is 0 Å². The average molecular weight is 216 g/mol. The molecular weight excluding hydrogens is 196 g/mol. The van der Waals surface area contributed by atoms with Gasteiger partial charge in [-0.1, -0.05) is 0 Å². The van der Waals surface area contributed by atoms with Crippen molar-refractivity contribution in [2.24, 2.45) is 0 Å². The highest BCUT2D eigenvalue weighted by atomic mass is 16.7. The molecule has 5 nitrogen and oxygen atoms in total. The van der Waals surface area contributed by atoms with Gasteiger partial charge in [0.15, 0.2) is 0 Å². The Labute approximate surface area is 90.7 Å². The summed E-state index contributed by atoms with van der Waals surface area (Å²) in [7, 11) is 1.80.